The molecule has 0 fully saturated rings. The van der Waals surface area contributed by atoms with Gasteiger partial charge in [-0.1, -0.05) is 13.8 Å². The molecule has 0 aromatic rings. The molecule has 1 N–H and O–H groups in total. The van der Waals surface area contributed by atoms with Crippen LogP contribution in [0.4, 0.5) is 0 Å². The first-order valence-corrected chi connectivity index (χ1v) is 5.69. The third-order valence-corrected chi connectivity index (χ3v) is 2.70. The minimum absolute atomic E-state index is 0.256. The Morgan fingerprint density at radius 1 is 1.29 bits per heavy atom. The van der Waals surface area contributed by atoms with Gasteiger partial charge in [-0.2, -0.15) is 0 Å². The van der Waals surface area contributed by atoms with Crippen molar-refractivity contribution in [2.24, 2.45) is 0 Å². The maximum Gasteiger partial charge on any atom is 0.334 e. The van der Waals surface area contributed by atoms with E-state index in [2.05, 4.69) is 0 Å². The number of hydrogen-bond donors (Lipinski definition) is 1. The van der Waals surface area contributed by atoms with Gasteiger partial charge in [0.15, 0.2) is 11.1 Å². The van der Waals surface area contributed by atoms with Gasteiger partial charge in [0.25, 0.3) is 0 Å². The lowest BCUT2D eigenvalue weighted by Gasteiger charge is -2.08. The monoisotopic (exact) mass is 220 g/mol. The predicted octanol–water partition coefficient (Wildman–Crippen LogP) is 1.85. The van der Waals surface area contributed by atoms with Gasteiger partial charge in [0.2, 0.25) is 0 Å². The lowest BCUT2D eigenvalue weighted by Crippen LogP contribution is -2.11. The van der Waals surface area contributed by atoms with Crippen LogP contribution >= 0.6 is 0 Å². The van der Waals surface area contributed by atoms with Gasteiger partial charge in [0, 0.05) is 0 Å². The topological polar surface area (TPSA) is 63.6 Å². The average molecular weight is 220 g/mol. The summed E-state index contributed by atoms with van der Waals surface area (Å²) in [4.78, 5) is 11.6. The molecular formula is C9H16O4S. The molecule has 14 heavy (non-hydrogen) atoms. The van der Waals surface area contributed by atoms with E-state index >= 15 is 0 Å². The Balaban J connectivity index is 4.97. The van der Waals surface area contributed by atoms with Crippen LogP contribution < -0.4 is 0 Å². The van der Waals surface area contributed by atoms with E-state index < -0.39 is 17.0 Å². The Morgan fingerprint density at radius 3 is 2.14 bits per heavy atom. The fraction of sp³-hybridized carbons (Fsp3) is 0.667. The van der Waals surface area contributed by atoms with Crippen LogP contribution in [0.1, 0.15) is 33.6 Å². The summed E-state index contributed by atoms with van der Waals surface area (Å²) in [5.74, 6) is -0.491. The number of hydrogen-bond acceptors (Lipinski definition) is 3. The van der Waals surface area contributed by atoms with Crippen molar-refractivity contribution in [3.05, 3.63) is 10.5 Å². The van der Waals surface area contributed by atoms with Crippen LogP contribution in [0, 0.1) is 0 Å². The molecule has 0 aromatic heterocycles. The fourth-order valence-electron chi connectivity index (χ4n) is 1.12. The van der Waals surface area contributed by atoms with Crippen LogP contribution in [-0.4, -0.2) is 21.3 Å². The number of carbonyl (C=O) groups excluding carboxylic acids is 1. The van der Waals surface area contributed by atoms with Crippen molar-refractivity contribution in [1.82, 2.24) is 0 Å². The summed E-state index contributed by atoms with van der Waals surface area (Å²) in [7, 11) is 0. The molecule has 1 unspecified atom stereocenters. The number of esters is 1. The van der Waals surface area contributed by atoms with Crippen LogP contribution in [0.15, 0.2) is 10.5 Å². The van der Waals surface area contributed by atoms with E-state index in [0.29, 0.717) is 18.4 Å². The minimum Gasteiger partial charge on any atom is -0.463 e. The van der Waals surface area contributed by atoms with Crippen LogP contribution in [0.3, 0.4) is 0 Å². The molecule has 0 aliphatic rings. The van der Waals surface area contributed by atoms with E-state index in [-0.39, 0.29) is 11.5 Å². The molecule has 0 aromatic carbocycles. The third kappa shape index (κ3) is 3.59. The first-order chi connectivity index (χ1) is 6.58. The van der Waals surface area contributed by atoms with E-state index in [1.54, 1.807) is 20.8 Å². The molecule has 5 heteroatoms. The maximum atomic E-state index is 11.4. The second kappa shape index (κ2) is 6.73. The zero-order chi connectivity index (χ0) is 11.1. The number of rotatable bonds is 5. The highest BCUT2D eigenvalue weighted by Gasteiger charge is 2.17. The van der Waals surface area contributed by atoms with Gasteiger partial charge >= 0.3 is 5.97 Å². The number of ether oxygens (including phenoxy) is 1. The number of carbonyl (C=O) groups is 1. The van der Waals surface area contributed by atoms with Crippen LogP contribution in [-0.2, 0) is 20.6 Å². The highest BCUT2D eigenvalue weighted by Crippen LogP contribution is 2.16. The van der Waals surface area contributed by atoms with Crippen molar-refractivity contribution in [1.29, 1.82) is 0 Å². The first kappa shape index (κ1) is 13.3. The molecule has 4 nitrogen and oxygen atoms in total. The molecule has 0 amide bonds. The average Bonchev–Trinajstić information content (AvgIpc) is 2.13. The van der Waals surface area contributed by atoms with Crippen LogP contribution in [0.25, 0.3) is 0 Å². The maximum absolute atomic E-state index is 11.4. The van der Waals surface area contributed by atoms with Crippen molar-refractivity contribution >= 4 is 17.0 Å². The Kier molecular flexibility index (Phi) is 6.40. The van der Waals surface area contributed by atoms with E-state index in [1.165, 1.54) is 0 Å². The van der Waals surface area contributed by atoms with Gasteiger partial charge in [-0.25, -0.2) is 9.00 Å². The van der Waals surface area contributed by atoms with E-state index in [0.717, 1.165) is 0 Å². The minimum atomic E-state index is -2.08. The lowest BCUT2D eigenvalue weighted by molar-refractivity contribution is -0.138. The summed E-state index contributed by atoms with van der Waals surface area (Å²) in [6.07, 6.45) is 0.791. The van der Waals surface area contributed by atoms with Gasteiger partial charge < -0.3 is 9.29 Å². The molecule has 0 spiro atoms. The Bertz CT molecular complexity index is 258. The Labute approximate surface area is 86.6 Å². The fourth-order valence-corrected chi connectivity index (χ4v) is 1.80. The van der Waals surface area contributed by atoms with Crippen molar-refractivity contribution in [3.8, 4) is 0 Å². The summed E-state index contributed by atoms with van der Waals surface area (Å²) in [6, 6.07) is 0. The van der Waals surface area contributed by atoms with E-state index in [9.17, 15) is 9.00 Å². The van der Waals surface area contributed by atoms with Crippen LogP contribution in [0.5, 0.6) is 0 Å². The number of allylic oxidation sites excluding steroid dienone is 1. The molecule has 1 atom stereocenters. The zero-order valence-corrected chi connectivity index (χ0v) is 9.52. The van der Waals surface area contributed by atoms with E-state index in [4.69, 9.17) is 9.29 Å². The summed E-state index contributed by atoms with van der Waals surface area (Å²) in [5, 5.41) is 0. The molecule has 0 saturated carbocycles. The van der Waals surface area contributed by atoms with Crippen molar-refractivity contribution in [2.75, 3.05) is 6.61 Å². The lowest BCUT2D eigenvalue weighted by atomic mass is 10.2. The standard InChI is InChI=1S/C9H16O4S/c1-4-7(9(10)13-6-3)8(5-2)14(11)12/h4-6H2,1-3H3,(H,11,12)/b8-7-. The van der Waals surface area contributed by atoms with Crippen molar-refractivity contribution in [2.45, 2.75) is 33.6 Å². The molecule has 0 radical (unpaired) electrons. The van der Waals surface area contributed by atoms with Crippen molar-refractivity contribution in [3.63, 3.8) is 0 Å². The zero-order valence-electron chi connectivity index (χ0n) is 8.70. The molecule has 0 saturated heterocycles. The molecule has 0 heterocycles. The van der Waals surface area contributed by atoms with Crippen LogP contribution in [0.2, 0.25) is 0 Å². The second-order valence-corrected chi connectivity index (χ2v) is 3.57. The molecular weight excluding hydrogens is 204 g/mol. The van der Waals surface area contributed by atoms with Gasteiger partial charge in [0.1, 0.15) is 0 Å². The highest BCUT2D eigenvalue weighted by atomic mass is 32.2. The molecule has 0 aliphatic carbocycles. The molecule has 0 aliphatic heterocycles. The molecule has 0 bridgehead atoms. The summed E-state index contributed by atoms with van der Waals surface area (Å²) >= 11 is -2.08. The van der Waals surface area contributed by atoms with Crippen molar-refractivity contribution < 1.29 is 18.3 Å². The largest absolute Gasteiger partial charge is 0.463 e. The smallest absolute Gasteiger partial charge is 0.334 e. The summed E-state index contributed by atoms with van der Waals surface area (Å²) in [6.45, 7) is 5.47. The second-order valence-electron chi connectivity index (χ2n) is 2.58. The SMILES string of the molecule is CCOC(=O)/C(CC)=C(/CC)S(=O)O. The quantitative estimate of drug-likeness (QED) is 0.436. The normalized spacial score (nSPS) is 14.6. The summed E-state index contributed by atoms with van der Waals surface area (Å²) < 4.78 is 24.6. The summed E-state index contributed by atoms with van der Waals surface area (Å²) in [5.41, 5.74) is 0.315. The van der Waals surface area contributed by atoms with Gasteiger partial charge in [0.05, 0.1) is 17.1 Å². The molecule has 0 rings (SSSR count). The molecule has 82 valence electrons. The van der Waals surface area contributed by atoms with Gasteiger partial charge in [-0.05, 0) is 19.8 Å². The third-order valence-electron chi connectivity index (χ3n) is 1.74. The predicted molar refractivity (Wildman–Crippen MR) is 55.0 cm³/mol. The van der Waals surface area contributed by atoms with Gasteiger partial charge in [-0.15, -0.1) is 0 Å². The van der Waals surface area contributed by atoms with Gasteiger partial charge in [-0.3, -0.25) is 0 Å². The Hall–Kier alpha value is -0.680. The van der Waals surface area contributed by atoms with E-state index in [1.807, 2.05) is 0 Å². The highest BCUT2D eigenvalue weighted by molar-refractivity contribution is 7.83. The first-order valence-electron chi connectivity index (χ1n) is 4.58. The Morgan fingerprint density at radius 2 is 1.86 bits per heavy atom.